The lowest BCUT2D eigenvalue weighted by Gasteiger charge is -2.34. The van der Waals surface area contributed by atoms with E-state index in [1.165, 1.54) is 0 Å². The van der Waals surface area contributed by atoms with E-state index in [4.69, 9.17) is 0 Å². The lowest BCUT2D eigenvalue weighted by atomic mass is 9.90. The van der Waals surface area contributed by atoms with Crippen LogP contribution >= 0.6 is 0 Å². The monoisotopic (exact) mass is 274 g/mol. The lowest BCUT2D eigenvalue weighted by molar-refractivity contribution is -0.130. The van der Waals surface area contributed by atoms with Crippen molar-refractivity contribution in [1.29, 1.82) is 0 Å². The SMILES string of the molecule is CS(=O)(=O)CC(=O)N1CCCC1C1CCCNC1. The van der Waals surface area contributed by atoms with Gasteiger partial charge in [0.25, 0.3) is 0 Å². The van der Waals surface area contributed by atoms with Gasteiger partial charge in [0.15, 0.2) is 9.84 Å². The first-order chi connectivity index (χ1) is 8.47. The van der Waals surface area contributed by atoms with E-state index in [2.05, 4.69) is 5.32 Å². The van der Waals surface area contributed by atoms with Crippen LogP contribution in [0.5, 0.6) is 0 Å². The Bertz CT molecular complexity index is 402. The van der Waals surface area contributed by atoms with Crippen LogP contribution < -0.4 is 5.32 Å². The molecule has 2 rings (SSSR count). The number of hydrogen-bond acceptors (Lipinski definition) is 4. The number of amides is 1. The number of hydrogen-bond donors (Lipinski definition) is 1. The van der Waals surface area contributed by atoms with Crippen LogP contribution in [0, 0.1) is 5.92 Å². The van der Waals surface area contributed by atoms with Crippen LogP contribution in [-0.2, 0) is 14.6 Å². The molecule has 2 saturated heterocycles. The summed E-state index contributed by atoms with van der Waals surface area (Å²) in [5.74, 6) is -0.0701. The largest absolute Gasteiger partial charge is 0.339 e. The van der Waals surface area contributed by atoms with Gasteiger partial charge in [-0.2, -0.15) is 0 Å². The number of carbonyl (C=O) groups excluding carboxylic acids is 1. The fraction of sp³-hybridized carbons (Fsp3) is 0.917. The molecule has 104 valence electrons. The smallest absolute Gasteiger partial charge is 0.238 e. The highest BCUT2D eigenvalue weighted by molar-refractivity contribution is 7.91. The highest BCUT2D eigenvalue weighted by Gasteiger charge is 2.35. The Morgan fingerprint density at radius 1 is 1.33 bits per heavy atom. The number of likely N-dealkylation sites (tertiary alicyclic amines) is 1. The topological polar surface area (TPSA) is 66.5 Å². The summed E-state index contributed by atoms with van der Waals surface area (Å²) in [6.45, 7) is 2.73. The van der Waals surface area contributed by atoms with Crippen molar-refractivity contribution < 1.29 is 13.2 Å². The Hall–Kier alpha value is -0.620. The van der Waals surface area contributed by atoms with Crippen molar-refractivity contribution in [3.05, 3.63) is 0 Å². The molecule has 2 unspecified atom stereocenters. The molecule has 5 nitrogen and oxygen atoms in total. The van der Waals surface area contributed by atoms with Crippen LogP contribution in [0.4, 0.5) is 0 Å². The molecule has 0 aromatic carbocycles. The maximum absolute atomic E-state index is 12.0. The molecule has 0 aromatic heterocycles. The zero-order valence-corrected chi connectivity index (χ0v) is 11.7. The summed E-state index contributed by atoms with van der Waals surface area (Å²) in [7, 11) is -3.22. The summed E-state index contributed by atoms with van der Waals surface area (Å²) in [6.07, 6.45) is 5.42. The van der Waals surface area contributed by atoms with Crippen LogP contribution in [0.15, 0.2) is 0 Å². The van der Waals surface area contributed by atoms with E-state index in [9.17, 15) is 13.2 Å². The van der Waals surface area contributed by atoms with Gasteiger partial charge in [0.2, 0.25) is 5.91 Å². The standard InChI is InChI=1S/C12H22N2O3S/c1-18(16,17)9-12(15)14-7-3-5-11(14)10-4-2-6-13-8-10/h10-11,13H,2-9H2,1H3. The van der Waals surface area contributed by atoms with Crippen LogP contribution in [0.1, 0.15) is 25.7 Å². The first-order valence-corrected chi connectivity index (χ1v) is 8.71. The summed E-state index contributed by atoms with van der Waals surface area (Å²) in [5.41, 5.74) is 0. The van der Waals surface area contributed by atoms with Gasteiger partial charge < -0.3 is 10.2 Å². The quantitative estimate of drug-likeness (QED) is 0.788. The van der Waals surface area contributed by atoms with Crippen molar-refractivity contribution in [3.63, 3.8) is 0 Å². The number of nitrogens with one attached hydrogen (secondary N) is 1. The minimum Gasteiger partial charge on any atom is -0.339 e. The van der Waals surface area contributed by atoms with E-state index in [-0.39, 0.29) is 17.7 Å². The summed E-state index contributed by atoms with van der Waals surface area (Å²) in [6, 6.07) is 0.243. The van der Waals surface area contributed by atoms with Crippen molar-refractivity contribution in [2.45, 2.75) is 31.7 Å². The van der Waals surface area contributed by atoms with Gasteiger partial charge in [0.1, 0.15) is 5.75 Å². The van der Waals surface area contributed by atoms with Gasteiger partial charge in [-0.05, 0) is 44.7 Å². The van der Waals surface area contributed by atoms with Crippen molar-refractivity contribution in [1.82, 2.24) is 10.2 Å². The molecule has 0 saturated carbocycles. The van der Waals surface area contributed by atoms with E-state index in [1.54, 1.807) is 4.90 Å². The fourth-order valence-corrected chi connectivity index (χ4v) is 3.72. The highest BCUT2D eigenvalue weighted by Crippen LogP contribution is 2.28. The van der Waals surface area contributed by atoms with Crippen molar-refractivity contribution in [2.24, 2.45) is 5.92 Å². The average Bonchev–Trinajstić information content (AvgIpc) is 2.76. The van der Waals surface area contributed by atoms with Gasteiger partial charge in [0.05, 0.1) is 0 Å². The molecule has 2 aliphatic rings. The summed E-state index contributed by atoms with van der Waals surface area (Å²) >= 11 is 0. The third-order valence-electron chi connectivity index (χ3n) is 3.88. The predicted octanol–water partition coefficient (Wildman–Crippen LogP) is 0.0216. The van der Waals surface area contributed by atoms with Gasteiger partial charge in [-0.15, -0.1) is 0 Å². The molecule has 0 spiro atoms. The zero-order chi connectivity index (χ0) is 13.2. The van der Waals surface area contributed by atoms with Gasteiger partial charge >= 0.3 is 0 Å². The summed E-state index contributed by atoms with van der Waals surface area (Å²) in [5, 5.41) is 3.36. The van der Waals surface area contributed by atoms with Crippen LogP contribution in [0.3, 0.4) is 0 Å². The van der Waals surface area contributed by atoms with Gasteiger partial charge in [-0.3, -0.25) is 4.79 Å². The Labute approximate surface area is 109 Å². The number of carbonyl (C=O) groups is 1. The molecule has 0 aromatic rings. The molecule has 6 heteroatoms. The lowest BCUT2D eigenvalue weighted by Crippen LogP contribution is -2.47. The van der Waals surface area contributed by atoms with Gasteiger partial charge in [-0.1, -0.05) is 0 Å². The van der Waals surface area contributed by atoms with Gasteiger partial charge in [-0.25, -0.2) is 8.42 Å². The first-order valence-electron chi connectivity index (χ1n) is 6.65. The Balaban J connectivity index is 2.00. The van der Waals surface area contributed by atoms with E-state index >= 15 is 0 Å². The zero-order valence-electron chi connectivity index (χ0n) is 10.9. The maximum Gasteiger partial charge on any atom is 0.238 e. The Kier molecular flexibility index (Phi) is 4.27. The Morgan fingerprint density at radius 2 is 2.11 bits per heavy atom. The second kappa shape index (κ2) is 5.57. The van der Waals surface area contributed by atoms with Crippen molar-refractivity contribution in [2.75, 3.05) is 31.6 Å². The fourth-order valence-electron chi connectivity index (χ4n) is 3.11. The molecule has 1 N–H and O–H groups in total. The number of rotatable bonds is 3. The van der Waals surface area contributed by atoms with Crippen LogP contribution in [-0.4, -0.2) is 56.9 Å². The van der Waals surface area contributed by atoms with Crippen LogP contribution in [0.25, 0.3) is 0 Å². The summed E-state index contributed by atoms with van der Waals surface area (Å²) < 4.78 is 22.4. The molecule has 1 amide bonds. The molecule has 2 aliphatic heterocycles. The van der Waals surface area contributed by atoms with E-state index < -0.39 is 9.84 Å². The number of sulfone groups is 1. The van der Waals surface area contributed by atoms with Crippen molar-refractivity contribution in [3.8, 4) is 0 Å². The highest BCUT2D eigenvalue weighted by atomic mass is 32.2. The molecule has 0 aliphatic carbocycles. The molecule has 0 radical (unpaired) electrons. The van der Waals surface area contributed by atoms with E-state index in [0.29, 0.717) is 5.92 Å². The molecule has 2 atom stereocenters. The minimum absolute atomic E-state index is 0.217. The molecular weight excluding hydrogens is 252 g/mol. The van der Waals surface area contributed by atoms with E-state index in [1.807, 2.05) is 0 Å². The number of piperidine rings is 1. The molecule has 18 heavy (non-hydrogen) atoms. The normalized spacial score (nSPS) is 29.5. The minimum atomic E-state index is -3.22. The van der Waals surface area contributed by atoms with E-state index in [0.717, 1.165) is 51.6 Å². The average molecular weight is 274 g/mol. The molecule has 2 heterocycles. The molecule has 0 bridgehead atoms. The second-order valence-corrected chi connectivity index (χ2v) is 7.61. The number of nitrogens with zero attached hydrogens (tertiary/aromatic N) is 1. The maximum atomic E-state index is 12.0. The van der Waals surface area contributed by atoms with Crippen LogP contribution in [0.2, 0.25) is 0 Å². The Morgan fingerprint density at radius 3 is 2.72 bits per heavy atom. The third-order valence-corrected chi connectivity index (χ3v) is 4.66. The third kappa shape index (κ3) is 3.45. The predicted molar refractivity (Wildman–Crippen MR) is 70.0 cm³/mol. The molecule has 2 fully saturated rings. The van der Waals surface area contributed by atoms with Gasteiger partial charge in [0, 0.05) is 18.8 Å². The van der Waals surface area contributed by atoms with Crippen molar-refractivity contribution >= 4 is 15.7 Å². The second-order valence-electron chi connectivity index (χ2n) is 5.47. The first kappa shape index (κ1) is 13.8. The summed E-state index contributed by atoms with van der Waals surface area (Å²) in [4.78, 5) is 13.8. The molecular formula is C12H22N2O3S.